The second-order valence-corrected chi connectivity index (χ2v) is 6.59. The molecule has 1 aliphatic rings. The van der Waals surface area contributed by atoms with Gasteiger partial charge in [0.2, 0.25) is 5.91 Å². The first kappa shape index (κ1) is 16.5. The zero-order chi connectivity index (χ0) is 17.9. The van der Waals surface area contributed by atoms with Gasteiger partial charge in [-0.15, -0.1) is 10.2 Å². The lowest BCUT2D eigenvalue weighted by molar-refractivity contribution is -0.115. The van der Waals surface area contributed by atoms with Crippen LogP contribution in [0.2, 0.25) is 5.02 Å². The molecule has 0 saturated carbocycles. The number of amides is 1. The first-order valence-corrected chi connectivity index (χ1v) is 8.80. The highest BCUT2D eigenvalue weighted by atomic mass is 35.5. The number of hydrogen-bond acceptors (Lipinski definition) is 4. The number of rotatable bonds is 4. The van der Waals surface area contributed by atoms with Gasteiger partial charge in [-0.25, -0.2) is 0 Å². The average Bonchev–Trinajstić information content (AvgIpc) is 3.08. The van der Waals surface area contributed by atoms with Crippen LogP contribution in [0.4, 0.5) is 17.3 Å². The van der Waals surface area contributed by atoms with Gasteiger partial charge < -0.3 is 10.2 Å². The quantitative estimate of drug-likeness (QED) is 0.760. The highest BCUT2D eigenvalue weighted by Gasteiger charge is 2.21. The molecule has 4 rings (SSSR count). The lowest BCUT2D eigenvalue weighted by atomic mass is 10.1. The van der Waals surface area contributed by atoms with E-state index in [4.69, 9.17) is 11.6 Å². The zero-order valence-electron chi connectivity index (χ0n) is 14.0. The number of nitrogens with zero attached hydrogens (tertiary/aromatic N) is 3. The van der Waals surface area contributed by atoms with Crippen LogP contribution < -0.4 is 10.2 Å². The fraction of sp³-hybridized carbons (Fsp3) is 0.150. The molecule has 5 nitrogen and oxygen atoms in total. The molecule has 2 aromatic carbocycles. The Morgan fingerprint density at radius 2 is 1.85 bits per heavy atom. The number of aromatic nitrogens is 2. The second-order valence-electron chi connectivity index (χ2n) is 6.16. The molecule has 1 amide bonds. The molecule has 3 aromatic rings. The van der Waals surface area contributed by atoms with Crippen LogP contribution in [-0.4, -0.2) is 22.6 Å². The number of anilines is 3. The maximum absolute atomic E-state index is 12.1. The third kappa shape index (κ3) is 3.53. The number of halogens is 1. The van der Waals surface area contributed by atoms with Crippen LogP contribution in [0.25, 0.3) is 0 Å². The van der Waals surface area contributed by atoms with Gasteiger partial charge in [0, 0.05) is 17.3 Å². The van der Waals surface area contributed by atoms with Gasteiger partial charge in [-0.1, -0.05) is 41.9 Å². The van der Waals surface area contributed by atoms with Crippen molar-refractivity contribution in [2.75, 3.05) is 16.8 Å². The van der Waals surface area contributed by atoms with E-state index < -0.39 is 0 Å². The minimum absolute atomic E-state index is 0.138. The van der Waals surface area contributed by atoms with Crippen LogP contribution in [0.5, 0.6) is 0 Å². The Balaban J connectivity index is 1.42. The van der Waals surface area contributed by atoms with E-state index in [-0.39, 0.29) is 12.3 Å². The maximum Gasteiger partial charge on any atom is 0.229 e. The minimum atomic E-state index is -0.138. The van der Waals surface area contributed by atoms with E-state index in [2.05, 4.69) is 32.5 Å². The van der Waals surface area contributed by atoms with Gasteiger partial charge in [0.1, 0.15) is 0 Å². The summed E-state index contributed by atoms with van der Waals surface area (Å²) in [5.74, 6) is 1.09. The first-order chi connectivity index (χ1) is 12.7. The van der Waals surface area contributed by atoms with E-state index in [1.807, 2.05) is 30.3 Å². The molecule has 130 valence electrons. The number of benzene rings is 2. The summed E-state index contributed by atoms with van der Waals surface area (Å²) in [6.45, 7) is 0.885. The Morgan fingerprint density at radius 3 is 2.62 bits per heavy atom. The largest absolute Gasteiger partial charge is 0.324 e. The third-order valence-electron chi connectivity index (χ3n) is 4.36. The maximum atomic E-state index is 12.1. The van der Waals surface area contributed by atoms with Crippen molar-refractivity contribution in [3.8, 4) is 0 Å². The van der Waals surface area contributed by atoms with Gasteiger partial charge in [0.05, 0.1) is 6.42 Å². The van der Waals surface area contributed by atoms with Crippen LogP contribution in [0.3, 0.4) is 0 Å². The average molecular weight is 365 g/mol. The van der Waals surface area contributed by atoms with Crippen LogP contribution in [0.15, 0.2) is 60.7 Å². The molecular weight excluding hydrogens is 348 g/mol. The lowest BCUT2D eigenvalue weighted by Crippen LogP contribution is -2.18. The van der Waals surface area contributed by atoms with Gasteiger partial charge in [-0.05, 0) is 47.9 Å². The molecule has 0 saturated heterocycles. The van der Waals surface area contributed by atoms with Gasteiger partial charge in [-0.3, -0.25) is 4.79 Å². The smallest absolute Gasteiger partial charge is 0.229 e. The minimum Gasteiger partial charge on any atom is -0.324 e. The molecule has 0 radical (unpaired) electrons. The first-order valence-electron chi connectivity index (χ1n) is 8.42. The SMILES string of the molecule is O=C(Cc1ccc(Cl)cc1)Nc1ccc(N2CCc3ccccc32)nn1. The number of carbonyl (C=O) groups excluding carboxylic acids is 1. The van der Waals surface area contributed by atoms with Crippen molar-refractivity contribution in [1.29, 1.82) is 0 Å². The fourth-order valence-electron chi connectivity index (χ4n) is 3.09. The predicted octanol–water partition coefficient (Wildman–Crippen LogP) is 4.01. The van der Waals surface area contributed by atoms with E-state index in [1.54, 1.807) is 18.2 Å². The summed E-state index contributed by atoms with van der Waals surface area (Å²) in [7, 11) is 0. The number of carbonyl (C=O) groups is 1. The van der Waals surface area contributed by atoms with Crippen molar-refractivity contribution in [2.24, 2.45) is 0 Å². The Labute approximate surface area is 156 Å². The topological polar surface area (TPSA) is 58.1 Å². The Morgan fingerprint density at radius 1 is 1.04 bits per heavy atom. The summed E-state index contributed by atoms with van der Waals surface area (Å²) in [6.07, 6.45) is 1.26. The normalized spacial score (nSPS) is 12.7. The number of nitrogens with one attached hydrogen (secondary N) is 1. The van der Waals surface area contributed by atoms with Gasteiger partial charge in [0.15, 0.2) is 11.6 Å². The van der Waals surface area contributed by atoms with Crippen molar-refractivity contribution in [3.05, 3.63) is 76.8 Å². The number of fused-ring (bicyclic) bond motifs is 1. The Kier molecular flexibility index (Phi) is 4.54. The van der Waals surface area contributed by atoms with E-state index in [0.29, 0.717) is 10.8 Å². The molecule has 0 fully saturated rings. The van der Waals surface area contributed by atoms with E-state index in [1.165, 1.54) is 11.3 Å². The highest BCUT2D eigenvalue weighted by molar-refractivity contribution is 6.30. The van der Waals surface area contributed by atoms with Gasteiger partial charge in [-0.2, -0.15) is 0 Å². The summed E-state index contributed by atoms with van der Waals surface area (Å²) in [4.78, 5) is 14.3. The monoisotopic (exact) mass is 364 g/mol. The van der Waals surface area contributed by atoms with Crippen molar-refractivity contribution in [2.45, 2.75) is 12.8 Å². The van der Waals surface area contributed by atoms with E-state index in [9.17, 15) is 4.79 Å². The van der Waals surface area contributed by atoms with Crippen molar-refractivity contribution in [3.63, 3.8) is 0 Å². The second kappa shape index (κ2) is 7.14. The van der Waals surface area contributed by atoms with E-state index >= 15 is 0 Å². The van der Waals surface area contributed by atoms with Crippen molar-refractivity contribution in [1.82, 2.24) is 10.2 Å². The molecule has 0 spiro atoms. The molecule has 6 heteroatoms. The molecule has 1 aliphatic heterocycles. The molecule has 1 aromatic heterocycles. The molecule has 0 bridgehead atoms. The third-order valence-corrected chi connectivity index (χ3v) is 4.61. The summed E-state index contributed by atoms with van der Waals surface area (Å²) in [5.41, 5.74) is 3.38. The molecule has 0 atom stereocenters. The molecule has 2 heterocycles. The van der Waals surface area contributed by atoms with Crippen LogP contribution >= 0.6 is 11.6 Å². The molecule has 1 N–H and O–H groups in total. The van der Waals surface area contributed by atoms with Crippen LogP contribution in [0.1, 0.15) is 11.1 Å². The molecule has 26 heavy (non-hydrogen) atoms. The van der Waals surface area contributed by atoms with Gasteiger partial charge >= 0.3 is 0 Å². The molecule has 0 unspecified atom stereocenters. The van der Waals surface area contributed by atoms with Crippen LogP contribution in [0, 0.1) is 0 Å². The number of hydrogen-bond donors (Lipinski definition) is 1. The predicted molar refractivity (Wildman–Crippen MR) is 103 cm³/mol. The Bertz CT molecular complexity index is 925. The zero-order valence-corrected chi connectivity index (χ0v) is 14.8. The summed E-state index contributed by atoms with van der Waals surface area (Å²) in [5, 5.41) is 11.9. The summed E-state index contributed by atoms with van der Waals surface area (Å²) >= 11 is 5.86. The van der Waals surface area contributed by atoms with Crippen molar-refractivity contribution >= 4 is 34.8 Å². The standard InChI is InChI=1S/C20H17ClN4O/c21-16-7-5-14(6-8-16)13-20(26)22-18-9-10-19(24-23-18)25-12-11-15-3-1-2-4-17(15)25/h1-10H,11-13H2,(H,22,23,26). The van der Waals surface area contributed by atoms with Crippen molar-refractivity contribution < 1.29 is 4.79 Å². The summed E-state index contributed by atoms with van der Waals surface area (Å²) < 4.78 is 0. The van der Waals surface area contributed by atoms with Gasteiger partial charge in [0.25, 0.3) is 0 Å². The fourth-order valence-corrected chi connectivity index (χ4v) is 3.21. The summed E-state index contributed by atoms with van der Waals surface area (Å²) in [6, 6.07) is 19.2. The molecular formula is C20H17ClN4O. The van der Waals surface area contributed by atoms with Crippen LogP contribution in [-0.2, 0) is 17.6 Å². The molecule has 0 aliphatic carbocycles. The number of para-hydroxylation sites is 1. The Hall–Kier alpha value is -2.92. The lowest BCUT2D eigenvalue weighted by Gasteiger charge is -2.17. The van der Waals surface area contributed by atoms with E-state index in [0.717, 1.165) is 24.3 Å². The highest BCUT2D eigenvalue weighted by Crippen LogP contribution is 2.32.